The Morgan fingerprint density at radius 2 is 2.29 bits per heavy atom. The van der Waals surface area contributed by atoms with Gasteiger partial charge in [0.2, 0.25) is 0 Å². The molecule has 0 spiro atoms. The van der Waals surface area contributed by atoms with E-state index in [1.165, 1.54) is 14.7 Å². The van der Waals surface area contributed by atoms with Crippen LogP contribution in [0.1, 0.15) is 18.1 Å². The quantitative estimate of drug-likeness (QED) is 0.553. The molecule has 0 aliphatic carbocycles. The molecular formula is C12H10IN. The van der Waals surface area contributed by atoms with Crippen LogP contribution in [-0.2, 0) is 6.42 Å². The Hall–Kier alpha value is -0.860. The van der Waals surface area contributed by atoms with Gasteiger partial charge in [0.15, 0.2) is 0 Å². The van der Waals surface area contributed by atoms with Crippen LogP contribution in [0.2, 0.25) is 0 Å². The van der Waals surface area contributed by atoms with Gasteiger partial charge < -0.3 is 0 Å². The van der Waals surface area contributed by atoms with E-state index in [0.29, 0.717) is 0 Å². The second kappa shape index (κ2) is 4.11. The molecule has 0 saturated carbocycles. The van der Waals surface area contributed by atoms with Gasteiger partial charge in [-0.25, -0.2) is 0 Å². The highest BCUT2D eigenvalue weighted by Gasteiger charge is 2.08. The van der Waals surface area contributed by atoms with E-state index in [2.05, 4.69) is 52.4 Å². The molecule has 0 saturated heterocycles. The summed E-state index contributed by atoms with van der Waals surface area (Å²) in [4.78, 5) is 4.41. The highest BCUT2D eigenvalue weighted by molar-refractivity contribution is 14.1. The maximum absolute atomic E-state index is 4.41. The number of allylic oxidation sites excluding steroid dienone is 1. The molecule has 0 aromatic heterocycles. The third-order valence-corrected chi connectivity index (χ3v) is 3.11. The number of halogens is 1. The van der Waals surface area contributed by atoms with Crippen LogP contribution in [0.5, 0.6) is 0 Å². The fraction of sp³-hybridized carbons (Fsp3) is 0.167. The van der Waals surface area contributed by atoms with E-state index in [-0.39, 0.29) is 0 Å². The van der Waals surface area contributed by atoms with Gasteiger partial charge >= 0.3 is 0 Å². The summed E-state index contributed by atoms with van der Waals surface area (Å²) < 4.78 is 1.19. The molecule has 2 rings (SSSR count). The van der Waals surface area contributed by atoms with Crippen molar-refractivity contribution < 1.29 is 0 Å². The molecule has 1 aliphatic heterocycles. The van der Waals surface area contributed by atoms with E-state index < -0.39 is 0 Å². The lowest BCUT2D eigenvalue weighted by atomic mass is 10.0. The molecule has 1 heterocycles. The summed E-state index contributed by atoms with van der Waals surface area (Å²) in [5, 5.41) is 0. The van der Waals surface area contributed by atoms with Gasteiger partial charge in [-0.2, -0.15) is 0 Å². The van der Waals surface area contributed by atoms with Gasteiger partial charge in [-0.1, -0.05) is 13.0 Å². The molecule has 0 amide bonds. The number of aliphatic imine (C=N–C) groups is 1. The molecule has 1 aliphatic rings. The highest BCUT2D eigenvalue weighted by atomic mass is 127. The Balaban J connectivity index is 2.73. The van der Waals surface area contributed by atoms with Crippen LogP contribution < -0.4 is 0 Å². The molecule has 70 valence electrons. The SMILES string of the molecule is CCc1ccc(I)c2c1C=C=CC=N2. The summed E-state index contributed by atoms with van der Waals surface area (Å²) in [6.45, 7) is 2.16. The normalized spacial score (nSPS) is 12.7. The minimum absolute atomic E-state index is 1.03. The van der Waals surface area contributed by atoms with E-state index in [4.69, 9.17) is 0 Å². The Kier molecular flexibility index (Phi) is 2.85. The lowest BCUT2D eigenvalue weighted by molar-refractivity contribution is 1.13. The first-order valence-electron chi connectivity index (χ1n) is 4.59. The zero-order chi connectivity index (χ0) is 9.97. The van der Waals surface area contributed by atoms with Gasteiger partial charge in [-0.15, -0.1) is 5.73 Å². The molecule has 14 heavy (non-hydrogen) atoms. The van der Waals surface area contributed by atoms with Crippen molar-refractivity contribution in [2.45, 2.75) is 13.3 Å². The average molecular weight is 295 g/mol. The fourth-order valence-corrected chi connectivity index (χ4v) is 2.12. The van der Waals surface area contributed by atoms with Gasteiger partial charge in [-0.3, -0.25) is 4.99 Å². The smallest absolute Gasteiger partial charge is 0.0844 e. The lowest BCUT2D eigenvalue weighted by Crippen LogP contribution is -1.88. The van der Waals surface area contributed by atoms with Gasteiger partial charge in [0.1, 0.15) is 0 Å². The second-order valence-electron chi connectivity index (χ2n) is 3.08. The maximum Gasteiger partial charge on any atom is 0.0844 e. The van der Waals surface area contributed by atoms with Crippen LogP contribution in [0.25, 0.3) is 6.08 Å². The topological polar surface area (TPSA) is 12.4 Å². The highest BCUT2D eigenvalue weighted by Crippen LogP contribution is 2.30. The lowest BCUT2D eigenvalue weighted by Gasteiger charge is -2.07. The molecule has 0 fully saturated rings. The third-order valence-electron chi connectivity index (χ3n) is 2.24. The van der Waals surface area contributed by atoms with Crippen LogP contribution in [0, 0.1) is 3.57 Å². The number of hydrogen-bond acceptors (Lipinski definition) is 1. The van der Waals surface area contributed by atoms with E-state index in [0.717, 1.165) is 12.1 Å². The Morgan fingerprint density at radius 3 is 3.07 bits per heavy atom. The first kappa shape index (κ1) is 9.69. The van der Waals surface area contributed by atoms with Crippen molar-refractivity contribution in [1.82, 2.24) is 0 Å². The van der Waals surface area contributed by atoms with Crippen molar-refractivity contribution in [1.29, 1.82) is 0 Å². The van der Waals surface area contributed by atoms with Crippen molar-refractivity contribution in [3.63, 3.8) is 0 Å². The molecule has 0 unspecified atom stereocenters. The van der Waals surface area contributed by atoms with Crippen molar-refractivity contribution in [2.75, 3.05) is 0 Å². The number of rotatable bonds is 1. The molecule has 0 radical (unpaired) electrons. The molecule has 0 N–H and O–H groups in total. The van der Waals surface area contributed by atoms with Crippen LogP contribution in [0.15, 0.2) is 28.9 Å². The molecule has 1 aromatic rings. The second-order valence-corrected chi connectivity index (χ2v) is 4.24. The average Bonchev–Trinajstić information content (AvgIpc) is 2.44. The van der Waals surface area contributed by atoms with Crippen molar-refractivity contribution >= 4 is 40.6 Å². The Morgan fingerprint density at radius 1 is 1.43 bits per heavy atom. The summed E-state index contributed by atoms with van der Waals surface area (Å²) in [5.41, 5.74) is 6.72. The summed E-state index contributed by atoms with van der Waals surface area (Å²) in [6.07, 6.45) is 6.69. The Bertz CT molecular complexity index is 452. The first-order chi connectivity index (χ1) is 6.83. The monoisotopic (exact) mass is 295 g/mol. The predicted molar refractivity (Wildman–Crippen MR) is 69.2 cm³/mol. The number of aryl methyl sites for hydroxylation is 1. The molecule has 2 heteroatoms. The number of benzene rings is 1. The van der Waals surface area contributed by atoms with Crippen LogP contribution in [0.3, 0.4) is 0 Å². The maximum atomic E-state index is 4.41. The number of nitrogens with zero attached hydrogens (tertiary/aromatic N) is 1. The van der Waals surface area contributed by atoms with Crippen molar-refractivity contribution in [3.8, 4) is 0 Å². The largest absolute Gasteiger partial charge is 0.254 e. The van der Waals surface area contributed by atoms with Crippen molar-refractivity contribution in [3.05, 3.63) is 38.6 Å². The number of hydrogen-bond donors (Lipinski definition) is 0. The summed E-state index contributed by atoms with van der Waals surface area (Å²) in [5.74, 6) is 0. The summed E-state index contributed by atoms with van der Waals surface area (Å²) >= 11 is 2.32. The van der Waals surface area contributed by atoms with Crippen molar-refractivity contribution in [2.24, 2.45) is 4.99 Å². The van der Waals surface area contributed by atoms with Gasteiger partial charge in [-0.05, 0) is 52.8 Å². The zero-order valence-corrected chi connectivity index (χ0v) is 10.1. The van der Waals surface area contributed by atoms with Crippen LogP contribution in [0.4, 0.5) is 5.69 Å². The fourth-order valence-electron chi connectivity index (χ4n) is 1.51. The van der Waals surface area contributed by atoms with E-state index >= 15 is 0 Å². The molecule has 1 aromatic carbocycles. The van der Waals surface area contributed by atoms with Crippen LogP contribution >= 0.6 is 22.6 Å². The molecule has 0 bridgehead atoms. The van der Waals surface area contributed by atoms with E-state index in [1.807, 2.05) is 12.2 Å². The summed E-state index contributed by atoms with van der Waals surface area (Å²) in [6, 6.07) is 4.29. The summed E-state index contributed by atoms with van der Waals surface area (Å²) in [7, 11) is 0. The van der Waals surface area contributed by atoms with Gasteiger partial charge in [0.05, 0.1) is 5.69 Å². The number of fused-ring (bicyclic) bond motifs is 1. The predicted octanol–water partition coefficient (Wildman–Crippen LogP) is 3.74. The zero-order valence-electron chi connectivity index (χ0n) is 7.92. The van der Waals surface area contributed by atoms with Crippen LogP contribution in [-0.4, -0.2) is 6.21 Å². The van der Waals surface area contributed by atoms with Gasteiger partial charge in [0.25, 0.3) is 0 Å². The minimum Gasteiger partial charge on any atom is -0.254 e. The van der Waals surface area contributed by atoms with Gasteiger partial charge in [0, 0.05) is 15.3 Å². The van der Waals surface area contributed by atoms with E-state index in [1.54, 1.807) is 6.21 Å². The standard InChI is InChI=1S/C12H10IN/c1-2-9-6-7-11(13)12-10(9)5-3-4-8-14-12/h4-8H,2H2,1H3. The Labute approximate surface area is 97.4 Å². The third kappa shape index (κ3) is 1.68. The molecular weight excluding hydrogens is 285 g/mol. The molecule has 0 atom stereocenters. The van der Waals surface area contributed by atoms with E-state index in [9.17, 15) is 0 Å². The molecule has 1 nitrogen and oxygen atoms in total. The first-order valence-corrected chi connectivity index (χ1v) is 5.67. The minimum atomic E-state index is 1.03.